The summed E-state index contributed by atoms with van der Waals surface area (Å²) in [5.41, 5.74) is 2.80. The molecule has 1 aliphatic heterocycles. The first-order valence-corrected chi connectivity index (χ1v) is 9.20. The van der Waals surface area contributed by atoms with E-state index in [9.17, 15) is 14.7 Å². The van der Waals surface area contributed by atoms with Crippen LogP contribution in [0.5, 0.6) is 11.5 Å². The molecule has 0 spiro atoms. The van der Waals surface area contributed by atoms with Crippen molar-refractivity contribution in [3.63, 3.8) is 0 Å². The average molecular weight is 393 g/mol. The van der Waals surface area contributed by atoms with E-state index in [-0.39, 0.29) is 28.6 Å². The Morgan fingerprint density at radius 2 is 1.86 bits per heavy atom. The molecule has 0 aliphatic carbocycles. The number of phenols is 1. The van der Waals surface area contributed by atoms with Gasteiger partial charge in [-0.3, -0.25) is 4.79 Å². The summed E-state index contributed by atoms with van der Waals surface area (Å²) in [6.45, 7) is 2.19. The highest BCUT2D eigenvalue weighted by molar-refractivity contribution is 6.16. The van der Waals surface area contributed by atoms with Gasteiger partial charge in [-0.25, -0.2) is 4.79 Å². The van der Waals surface area contributed by atoms with Gasteiger partial charge in [0.15, 0.2) is 11.5 Å². The smallest absolute Gasteiger partial charge is 0.340 e. The van der Waals surface area contributed by atoms with E-state index in [0.29, 0.717) is 24.2 Å². The van der Waals surface area contributed by atoms with Gasteiger partial charge in [0.1, 0.15) is 0 Å². The summed E-state index contributed by atoms with van der Waals surface area (Å²) < 4.78 is 10.0. The number of allylic oxidation sites excluding steroid dienone is 1. The van der Waals surface area contributed by atoms with Crippen LogP contribution in [0, 0.1) is 0 Å². The van der Waals surface area contributed by atoms with Crippen molar-refractivity contribution in [3.8, 4) is 11.5 Å². The number of rotatable bonds is 6. The van der Waals surface area contributed by atoms with Gasteiger partial charge in [-0.05, 0) is 42.7 Å². The molecular formula is C23H23NO5. The van der Waals surface area contributed by atoms with E-state index < -0.39 is 5.97 Å². The van der Waals surface area contributed by atoms with E-state index in [2.05, 4.69) is 0 Å². The molecule has 0 saturated carbocycles. The number of phenolic OH excluding ortho intramolecular Hbond substituents is 1. The number of benzene rings is 2. The standard InChI is InChI=1S/C23H23NO5/c1-15-21(23(27)29-3)18(13-17-9-10-19(25)20(14-17)28-2)22(26)24(15)12-11-16-7-5-4-6-8-16/h4-10,13-14,25H,11-12H2,1-3H3/b18-13-. The second-order valence-electron chi connectivity index (χ2n) is 6.63. The van der Waals surface area contributed by atoms with Crippen LogP contribution < -0.4 is 4.74 Å². The number of nitrogens with zero attached hydrogens (tertiary/aromatic N) is 1. The zero-order chi connectivity index (χ0) is 21.0. The van der Waals surface area contributed by atoms with Crippen LogP contribution in [0.3, 0.4) is 0 Å². The lowest BCUT2D eigenvalue weighted by Crippen LogP contribution is -2.27. The number of hydrogen-bond donors (Lipinski definition) is 1. The van der Waals surface area contributed by atoms with Gasteiger partial charge in [-0.15, -0.1) is 0 Å². The highest BCUT2D eigenvalue weighted by atomic mass is 16.5. The van der Waals surface area contributed by atoms with Crippen LogP contribution in [0.25, 0.3) is 6.08 Å². The van der Waals surface area contributed by atoms with Crippen molar-refractivity contribution in [2.75, 3.05) is 20.8 Å². The Labute approximate surface area is 169 Å². The van der Waals surface area contributed by atoms with E-state index in [1.165, 1.54) is 20.3 Å². The SMILES string of the molecule is COC(=O)C1=C(C)N(CCc2ccccc2)C(=O)/C1=C\c1ccc(O)c(OC)c1. The van der Waals surface area contributed by atoms with Crippen molar-refractivity contribution < 1.29 is 24.2 Å². The fourth-order valence-corrected chi connectivity index (χ4v) is 3.33. The minimum atomic E-state index is -0.560. The Kier molecular flexibility index (Phi) is 6.02. The molecule has 2 aromatic carbocycles. The van der Waals surface area contributed by atoms with Crippen LogP contribution in [0.15, 0.2) is 65.4 Å². The summed E-state index contributed by atoms with van der Waals surface area (Å²) in [4.78, 5) is 27.1. The molecule has 6 nitrogen and oxygen atoms in total. The highest BCUT2D eigenvalue weighted by Crippen LogP contribution is 2.33. The third kappa shape index (κ3) is 4.16. The number of ether oxygens (including phenoxy) is 2. The molecule has 150 valence electrons. The molecule has 0 bridgehead atoms. The van der Waals surface area contributed by atoms with E-state index in [1.807, 2.05) is 30.3 Å². The molecule has 1 N–H and O–H groups in total. The lowest BCUT2D eigenvalue weighted by atomic mass is 10.0. The summed E-state index contributed by atoms with van der Waals surface area (Å²) in [5, 5.41) is 9.78. The molecule has 0 fully saturated rings. The Bertz CT molecular complexity index is 992. The summed E-state index contributed by atoms with van der Waals surface area (Å²) >= 11 is 0. The van der Waals surface area contributed by atoms with Crippen molar-refractivity contribution in [2.24, 2.45) is 0 Å². The number of amides is 1. The van der Waals surface area contributed by atoms with E-state index in [1.54, 1.807) is 30.0 Å². The highest BCUT2D eigenvalue weighted by Gasteiger charge is 2.36. The van der Waals surface area contributed by atoms with Crippen LogP contribution in [-0.4, -0.2) is 42.6 Å². The predicted octanol–water partition coefficient (Wildman–Crippen LogP) is 3.32. The average Bonchev–Trinajstić information content (AvgIpc) is 2.97. The first-order chi connectivity index (χ1) is 14.0. The molecular weight excluding hydrogens is 370 g/mol. The first-order valence-electron chi connectivity index (χ1n) is 9.20. The lowest BCUT2D eigenvalue weighted by Gasteiger charge is -2.17. The summed E-state index contributed by atoms with van der Waals surface area (Å²) in [6.07, 6.45) is 2.28. The van der Waals surface area contributed by atoms with Gasteiger partial charge in [-0.2, -0.15) is 0 Å². The van der Waals surface area contributed by atoms with Gasteiger partial charge in [-0.1, -0.05) is 36.4 Å². The van der Waals surface area contributed by atoms with Crippen LogP contribution in [-0.2, 0) is 20.7 Å². The second kappa shape index (κ2) is 8.65. The van der Waals surface area contributed by atoms with Gasteiger partial charge < -0.3 is 19.5 Å². The Hall–Kier alpha value is -3.54. The fraction of sp³-hybridized carbons (Fsp3) is 0.217. The van der Waals surface area contributed by atoms with E-state index in [0.717, 1.165) is 5.56 Å². The number of hydrogen-bond acceptors (Lipinski definition) is 5. The zero-order valence-electron chi connectivity index (χ0n) is 16.6. The largest absolute Gasteiger partial charge is 0.504 e. The van der Waals surface area contributed by atoms with Crippen molar-refractivity contribution >= 4 is 18.0 Å². The minimum absolute atomic E-state index is 0.00296. The topological polar surface area (TPSA) is 76.1 Å². The molecule has 1 heterocycles. The summed E-state index contributed by atoms with van der Waals surface area (Å²) in [7, 11) is 2.74. The molecule has 3 rings (SSSR count). The van der Waals surface area contributed by atoms with Crippen LogP contribution >= 0.6 is 0 Å². The maximum absolute atomic E-state index is 13.1. The van der Waals surface area contributed by atoms with E-state index >= 15 is 0 Å². The maximum Gasteiger partial charge on any atom is 0.340 e. The number of esters is 1. The molecule has 0 aromatic heterocycles. The summed E-state index contributed by atoms with van der Waals surface area (Å²) in [6, 6.07) is 14.6. The van der Waals surface area contributed by atoms with Crippen molar-refractivity contribution in [3.05, 3.63) is 76.5 Å². The first kappa shape index (κ1) is 20.2. The third-order valence-corrected chi connectivity index (χ3v) is 4.88. The molecule has 0 unspecified atom stereocenters. The molecule has 29 heavy (non-hydrogen) atoms. The maximum atomic E-state index is 13.1. The fourth-order valence-electron chi connectivity index (χ4n) is 3.33. The molecule has 0 saturated heterocycles. The minimum Gasteiger partial charge on any atom is -0.504 e. The summed E-state index contributed by atoms with van der Waals surface area (Å²) in [5.74, 6) is -0.538. The van der Waals surface area contributed by atoms with Crippen LogP contribution in [0.4, 0.5) is 0 Å². The number of carbonyl (C=O) groups excluding carboxylic acids is 2. The molecule has 0 radical (unpaired) electrons. The quantitative estimate of drug-likeness (QED) is 0.602. The molecule has 2 aromatic rings. The molecule has 6 heteroatoms. The van der Waals surface area contributed by atoms with Gasteiger partial charge >= 0.3 is 5.97 Å². The van der Waals surface area contributed by atoms with Crippen molar-refractivity contribution in [1.29, 1.82) is 0 Å². The third-order valence-electron chi connectivity index (χ3n) is 4.88. The number of methoxy groups -OCH3 is 2. The normalized spacial score (nSPS) is 15.2. The predicted molar refractivity (Wildman–Crippen MR) is 109 cm³/mol. The monoisotopic (exact) mass is 393 g/mol. The second-order valence-corrected chi connectivity index (χ2v) is 6.63. The number of aromatic hydroxyl groups is 1. The molecule has 1 aliphatic rings. The van der Waals surface area contributed by atoms with Crippen molar-refractivity contribution in [1.82, 2.24) is 4.90 Å². The van der Waals surface area contributed by atoms with E-state index in [4.69, 9.17) is 9.47 Å². The lowest BCUT2D eigenvalue weighted by molar-refractivity contribution is -0.136. The van der Waals surface area contributed by atoms with Gasteiger partial charge in [0, 0.05) is 12.2 Å². The molecule has 0 atom stereocenters. The van der Waals surface area contributed by atoms with Gasteiger partial charge in [0.2, 0.25) is 0 Å². The zero-order valence-corrected chi connectivity index (χ0v) is 16.6. The Balaban J connectivity index is 1.95. The Morgan fingerprint density at radius 3 is 2.52 bits per heavy atom. The Morgan fingerprint density at radius 1 is 1.14 bits per heavy atom. The van der Waals surface area contributed by atoms with Crippen molar-refractivity contribution in [2.45, 2.75) is 13.3 Å². The number of carbonyl (C=O) groups is 2. The van der Waals surface area contributed by atoms with Crippen LogP contribution in [0.2, 0.25) is 0 Å². The van der Waals surface area contributed by atoms with Gasteiger partial charge in [0.25, 0.3) is 5.91 Å². The molecule has 1 amide bonds. The van der Waals surface area contributed by atoms with Crippen LogP contribution in [0.1, 0.15) is 18.1 Å². The van der Waals surface area contributed by atoms with Gasteiger partial charge in [0.05, 0.1) is 25.4 Å².